The Hall–Kier alpha value is -2.33. The molecule has 3 aromatic rings. The monoisotopic (exact) mass is 268 g/mol. The van der Waals surface area contributed by atoms with Crippen LogP contribution in [0.3, 0.4) is 0 Å². The van der Waals surface area contributed by atoms with Gasteiger partial charge in [0.1, 0.15) is 5.52 Å². The molecule has 0 radical (unpaired) electrons. The third-order valence-electron chi connectivity index (χ3n) is 3.17. The maximum Gasteiger partial charge on any atom is 0.295 e. The van der Waals surface area contributed by atoms with Crippen LogP contribution in [-0.4, -0.2) is 16.6 Å². The molecule has 0 saturated carbocycles. The molecule has 0 fully saturated rings. The fourth-order valence-electron chi connectivity index (χ4n) is 2.13. The number of aromatic nitrogens is 1. The Balaban J connectivity index is 1.69. The first-order valence-electron chi connectivity index (χ1n) is 6.56. The maximum absolute atomic E-state index is 10.1. The van der Waals surface area contributed by atoms with Gasteiger partial charge in [-0.2, -0.15) is 4.98 Å². The van der Waals surface area contributed by atoms with Crippen molar-refractivity contribution in [1.82, 2.24) is 4.98 Å². The van der Waals surface area contributed by atoms with E-state index in [-0.39, 0.29) is 0 Å². The van der Waals surface area contributed by atoms with Crippen molar-refractivity contribution in [3.8, 4) is 0 Å². The SMILES string of the molecule is Cc1cccc(C(O)CNc2nc3ccccc3o2)c1. The Labute approximate surface area is 117 Å². The molecule has 1 heterocycles. The zero-order valence-electron chi connectivity index (χ0n) is 11.2. The molecule has 1 atom stereocenters. The lowest BCUT2D eigenvalue weighted by Crippen LogP contribution is -2.12. The lowest BCUT2D eigenvalue weighted by Gasteiger charge is -2.11. The number of anilines is 1. The van der Waals surface area contributed by atoms with Gasteiger partial charge in [-0.3, -0.25) is 0 Å². The van der Waals surface area contributed by atoms with Crippen LogP contribution in [0.1, 0.15) is 17.2 Å². The second-order valence-electron chi connectivity index (χ2n) is 4.80. The van der Waals surface area contributed by atoms with Gasteiger partial charge in [0.25, 0.3) is 6.01 Å². The number of hydrogen-bond acceptors (Lipinski definition) is 4. The second kappa shape index (κ2) is 5.35. The van der Waals surface area contributed by atoms with Gasteiger partial charge in [-0.1, -0.05) is 42.0 Å². The van der Waals surface area contributed by atoms with Crippen LogP contribution in [-0.2, 0) is 0 Å². The van der Waals surface area contributed by atoms with E-state index in [1.54, 1.807) is 0 Å². The minimum atomic E-state index is -0.593. The van der Waals surface area contributed by atoms with Gasteiger partial charge >= 0.3 is 0 Å². The standard InChI is InChI=1S/C16H16N2O2/c1-11-5-4-6-12(9-11)14(19)10-17-16-18-13-7-2-3-8-15(13)20-16/h2-9,14,19H,10H2,1H3,(H,17,18). The highest BCUT2D eigenvalue weighted by atomic mass is 16.4. The average Bonchev–Trinajstić information content (AvgIpc) is 2.87. The van der Waals surface area contributed by atoms with Crippen LogP contribution in [0.15, 0.2) is 52.9 Å². The minimum Gasteiger partial charge on any atom is -0.424 e. The van der Waals surface area contributed by atoms with Gasteiger partial charge in [-0.15, -0.1) is 0 Å². The van der Waals surface area contributed by atoms with Gasteiger partial charge in [0.05, 0.1) is 6.10 Å². The maximum atomic E-state index is 10.1. The van der Waals surface area contributed by atoms with Crippen LogP contribution in [0.25, 0.3) is 11.1 Å². The number of hydrogen-bond donors (Lipinski definition) is 2. The summed E-state index contributed by atoms with van der Waals surface area (Å²) in [6.45, 7) is 2.36. The van der Waals surface area contributed by atoms with Crippen molar-refractivity contribution in [3.05, 3.63) is 59.7 Å². The van der Waals surface area contributed by atoms with E-state index < -0.39 is 6.10 Å². The Morgan fingerprint density at radius 3 is 2.85 bits per heavy atom. The highest BCUT2D eigenvalue weighted by Crippen LogP contribution is 2.20. The van der Waals surface area contributed by atoms with E-state index in [0.717, 1.165) is 22.2 Å². The predicted molar refractivity (Wildman–Crippen MR) is 78.6 cm³/mol. The van der Waals surface area contributed by atoms with E-state index in [9.17, 15) is 5.11 Å². The molecule has 3 rings (SSSR count). The lowest BCUT2D eigenvalue weighted by atomic mass is 10.1. The molecule has 4 nitrogen and oxygen atoms in total. The molecule has 1 unspecified atom stereocenters. The molecule has 0 bridgehead atoms. The van der Waals surface area contributed by atoms with E-state index in [1.807, 2.05) is 55.5 Å². The molecule has 0 aliphatic rings. The Morgan fingerprint density at radius 2 is 2.05 bits per heavy atom. The molecule has 1 aromatic heterocycles. The van der Waals surface area contributed by atoms with E-state index in [0.29, 0.717) is 12.6 Å². The molecule has 2 N–H and O–H groups in total. The van der Waals surface area contributed by atoms with Crippen molar-refractivity contribution < 1.29 is 9.52 Å². The van der Waals surface area contributed by atoms with Crippen LogP contribution >= 0.6 is 0 Å². The van der Waals surface area contributed by atoms with E-state index in [2.05, 4.69) is 10.3 Å². The topological polar surface area (TPSA) is 58.3 Å². The largest absolute Gasteiger partial charge is 0.424 e. The molecular formula is C16H16N2O2. The number of aliphatic hydroxyl groups excluding tert-OH is 1. The third-order valence-corrected chi connectivity index (χ3v) is 3.17. The highest BCUT2D eigenvalue weighted by Gasteiger charge is 2.10. The van der Waals surface area contributed by atoms with Gasteiger partial charge in [0, 0.05) is 6.54 Å². The molecule has 20 heavy (non-hydrogen) atoms. The van der Waals surface area contributed by atoms with Crippen LogP contribution in [0.5, 0.6) is 0 Å². The number of rotatable bonds is 4. The van der Waals surface area contributed by atoms with Gasteiger partial charge in [-0.25, -0.2) is 0 Å². The third kappa shape index (κ3) is 2.65. The van der Waals surface area contributed by atoms with Gasteiger partial charge in [0.2, 0.25) is 0 Å². The van der Waals surface area contributed by atoms with Crippen molar-refractivity contribution in [2.75, 3.05) is 11.9 Å². The normalized spacial score (nSPS) is 12.5. The summed E-state index contributed by atoms with van der Waals surface area (Å²) in [5, 5.41) is 13.2. The molecule has 4 heteroatoms. The molecule has 0 spiro atoms. The predicted octanol–water partition coefficient (Wildman–Crippen LogP) is 3.28. The van der Waals surface area contributed by atoms with Crippen molar-refractivity contribution in [3.63, 3.8) is 0 Å². The van der Waals surface area contributed by atoms with Crippen molar-refractivity contribution in [1.29, 1.82) is 0 Å². The van der Waals surface area contributed by atoms with E-state index in [1.165, 1.54) is 0 Å². The summed E-state index contributed by atoms with van der Waals surface area (Å²) in [5.41, 5.74) is 3.55. The summed E-state index contributed by atoms with van der Waals surface area (Å²) in [6, 6.07) is 15.8. The number of aliphatic hydroxyl groups is 1. The van der Waals surface area contributed by atoms with Gasteiger partial charge in [0.15, 0.2) is 5.58 Å². The molecule has 0 amide bonds. The minimum absolute atomic E-state index is 0.357. The van der Waals surface area contributed by atoms with Crippen LogP contribution in [0, 0.1) is 6.92 Å². The number of para-hydroxylation sites is 2. The molecule has 0 aliphatic heterocycles. The Kier molecular flexibility index (Phi) is 3.39. The molecule has 2 aromatic carbocycles. The molecule has 0 saturated heterocycles. The number of oxazole rings is 1. The Morgan fingerprint density at radius 1 is 1.20 bits per heavy atom. The van der Waals surface area contributed by atoms with E-state index >= 15 is 0 Å². The fourth-order valence-corrected chi connectivity index (χ4v) is 2.13. The van der Waals surface area contributed by atoms with Crippen LogP contribution < -0.4 is 5.32 Å². The first-order valence-corrected chi connectivity index (χ1v) is 6.56. The summed E-state index contributed by atoms with van der Waals surface area (Å²) in [6.07, 6.45) is -0.593. The summed E-state index contributed by atoms with van der Waals surface area (Å²) >= 11 is 0. The number of nitrogens with zero attached hydrogens (tertiary/aromatic N) is 1. The van der Waals surface area contributed by atoms with Crippen molar-refractivity contribution >= 4 is 17.1 Å². The second-order valence-corrected chi connectivity index (χ2v) is 4.80. The summed E-state index contributed by atoms with van der Waals surface area (Å²) < 4.78 is 5.54. The molecule has 0 aliphatic carbocycles. The molecule has 102 valence electrons. The number of aryl methyl sites for hydroxylation is 1. The molecular weight excluding hydrogens is 252 g/mol. The highest BCUT2D eigenvalue weighted by molar-refractivity contribution is 5.74. The first-order chi connectivity index (χ1) is 9.72. The first kappa shape index (κ1) is 12.7. The van der Waals surface area contributed by atoms with Crippen molar-refractivity contribution in [2.45, 2.75) is 13.0 Å². The number of benzene rings is 2. The number of fused-ring (bicyclic) bond motifs is 1. The lowest BCUT2D eigenvalue weighted by molar-refractivity contribution is 0.190. The van der Waals surface area contributed by atoms with Crippen LogP contribution in [0.2, 0.25) is 0 Å². The number of nitrogens with one attached hydrogen (secondary N) is 1. The quantitative estimate of drug-likeness (QED) is 0.762. The summed E-state index contributed by atoms with van der Waals surface area (Å²) in [5.74, 6) is 0. The summed E-state index contributed by atoms with van der Waals surface area (Å²) in [7, 11) is 0. The van der Waals surface area contributed by atoms with Crippen molar-refractivity contribution in [2.24, 2.45) is 0 Å². The zero-order chi connectivity index (χ0) is 13.9. The van der Waals surface area contributed by atoms with Crippen LogP contribution in [0.4, 0.5) is 6.01 Å². The summed E-state index contributed by atoms with van der Waals surface area (Å²) in [4.78, 5) is 4.31. The zero-order valence-corrected chi connectivity index (χ0v) is 11.2. The van der Waals surface area contributed by atoms with E-state index in [4.69, 9.17) is 4.42 Å². The van der Waals surface area contributed by atoms with Gasteiger partial charge < -0.3 is 14.8 Å². The Bertz CT molecular complexity index is 688. The average molecular weight is 268 g/mol. The van der Waals surface area contributed by atoms with Gasteiger partial charge in [-0.05, 0) is 24.6 Å². The fraction of sp³-hybridized carbons (Fsp3) is 0.188. The smallest absolute Gasteiger partial charge is 0.295 e.